The number of pyridine rings is 1. The van der Waals surface area contributed by atoms with Crippen molar-refractivity contribution in [1.29, 1.82) is 0 Å². The molecule has 0 saturated heterocycles. The minimum Gasteiger partial charge on any atom is -0.481 e. The van der Waals surface area contributed by atoms with Crippen LogP contribution in [0.25, 0.3) is 11.3 Å². The van der Waals surface area contributed by atoms with Gasteiger partial charge >= 0.3 is 5.97 Å². The lowest BCUT2D eigenvalue weighted by Crippen LogP contribution is -2.38. The van der Waals surface area contributed by atoms with Gasteiger partial charge in [-0.25, -0.2) is 9.37 Å². The summed E-state index contributed by atoms with van der Waals surface area (Å²) in [6.45, 7) is 0. The summed E-state index contributed by atoms with van der Waals surface area (Å²) in [6.07, 6.45) is 0.166. The van der Waals surface area contributed by atoms with E-state index in [0.29, 0.717) is 17.7 Å². The fourth-order valence-electron chi connectivity index (χ4n) is 2.92. The van der Waals surface area contributed by atoms with Crippen LogP contribution in [-0.4, -0.2) is 28.0 Å². The van der Waals surface area contributed by atoms with Crippen molar-refractivity contribution in [3.05, 3.63) is 89.9 Å². The molecule has 0 fully saturated rings. The van der Waals surface area contributed by atoms with Gasteiger partial charge in [-0.3, -0.25) is 9.59 Å². The fourth-order valence-corrected chi connectivity index (χ4v) is 2.92. The zero-order valence-electron chi connectivity index (χ0n) is 15.0. The summed E-state index contributed by atoms with van der Waals surface area (Å²) in [5, 5.41) is 11.9. The molecule has 2 aromatic carbocycles. The highest BCUT2D eigenvalue weighted by atomic mass is 19.1. The molecule has 3 rings (SSSR count). The largest absolute Gasteiger partial charge is 0.481 e. The van der Waals surface area contributed by atoms with E-state index in [9.17, 15) is 14.0 Å². The molecule has 0 saturated carbocycles. The maximum absolute atomic E-state index is 14.0. The van der Waals surface area contributed by atoms with Gasteiger partial charge in [0.2, 0.25) is 0 Å². The minimum absolute atomic E-state index is 0.101. The number of benzene rings is 2. The smallest absolute Gasteiger partial charge is 0.305 e. The van der Waals surface area contributed by atoms with E-state index >= 15 is 0 Å². The van der Waals surface area contributed by atoms with Crippen LogP contribution in [0, 0.1) is 5.82 Å². The molecule has 142 valence electrons. The Hall–Kier alpha value is -3.54. The molecule has 0 aliphatic carbocycles. The van der Waals surface area contributed by atoms with Crippen LogP contribution in [0.1, 0.15) is 22.5 Å². The van der Waals surface area contributed by atoms with Crippen LogP contribution >= 0.6 is 0 Å². The quantitative estimate of drug-likeness (QED) is 0.657. The highest BCUT2D eigenvalue weighted by Crippen LogP contribution is 2.20. The number of amides is 1. The van der Waals surface area contributed by atoms with Crippen molar-refractivity contribution in [3.8, 4) is 11.3 Å². The number of carboxylic acid groups (broad SMARTS) is 1. The number of carboxylic acids is 1. The average Bonchev–Trinajstić information content (AvgIpc) is 2.68. The molecule has 5 nitrogen and oxygen atoms in total. The summed E-state index contributed by atoms with van der Waals surface area (Å²) in [5.41, 5.74) is 1.65. The van der Waals surface area contributed by atoms with Gasteiger partial charge in [-0.15, -0.1) is 0 Å². The Kier molecular flexibility index (Phi) is 6.11. The van der Waals surface area contributed by atoms with Gasteiger partial charge in [0.1, 0.15) is 11.5 Å². The van der Waals surface area contributed by atoms with Crippen molar-refractivity contribution < 1.29 is 19.1 Å². The predicted octanol–water partition coefficient (Wildman–Crippen LogP) is 3.70. The van der Waals surface area contributed by atoms with E-state index in [0.717, 1.165) is 5.56 Å². The lowest BCUT2D eigenvalue weighted by molar-refractivity contribution is -0.137. The second-order valence-corrected chi connectivity index (χ2v) is 6.35. The minimum atomic E-state index is -1.01. The van der Waals surface area contributed by atoms with E-state index in [1.165, 1.54) is 12.1 Å². The van der Waals surface area contributed by atoms with Gasteiger partial charge in [0.15, 0.2) is 0 Å². The zero-order chi connectivity index (χ0) is 19.9. The summed E-state index contributed by atoms with van der Waals surface area (Å²) >= 11 is 0. The van der Waals surface area contributed by atoms with Crippen molar-refractivity contribution >= 4 is 11.9 Å². The number of carbonyl (C=O) groups excluding carboxylic acids is 1. The molecule has 1 amide bonds. The fraction of sp³-hybridized carbons (Fsp3) is 0.136. The first kappa shape index (κ1) is 19.2. The highest BCUT2D eigenvalue weighted by molar-refractivity contribution is 5.93. The van der Waals surface area contributed by atoms with Gasteiger partial charge in [-0.2, -0.15) is 0 Å². The van der Waals surface area contributed by atoms with E-state index in [2.05, 4.69) is 10.3 Å². The number of hydrogen-bond donors (Lipinski definition) is 2. The summed E-state index contributed by atoms with van der Waals surface area (Å²) in [4.78, 5) is 28.1. The van der Waals surface area contributed by atoms with Crippen molar-refractivity contribution in [1.82, 2.24) is 10.3 Å². The van der Waals surface area contributed by atoms with Crippen LogP contribution < -0.4 is 5.32 Å². The number of rotatable bonds is 7. The Morgan fingerprint density at radius 3 is 2.39 bits per heavy atom. The lowest BCUT2D eigenvalue weighted by atomic mass is 10.0. The average molecular weight is 378 g/mol. The van der Waals surface area contributed by atoms with E-state index in [1.807, 2.05) is 30.3 Å². The Morgan fingerprint density at radius 2 is 1.68 bits per heavy atom. The molecular formula is C22H19FN2O3. The molecule has 0 aliphatic rings. The second-order valence-electron chi connectivity index (χ2n) is 6.35. The number of nitrogens with zero attached hydrogens (tertiary/aromatic N) is 1. The topological polar surface area (TPSA) is 79.3 Å². The Morgan fingerprint density at radius 1 is 0.964 bits per heavy atom. The van der Waals surface area contributed by atoms with Gasteiger partial charge in [-0.05, 0) is 36.2 Å². The monoisotopic (exact) mass is 378 g/mol. The standard InChI is InChI=1S/C22H19FN2O3/c23-18-10-5-4-9-17(18)19-11-6-12-20(25-19)22(28)24-16(14-21(26)27)13-15-7-2-1-3-8-15/h1-12,16H,13-14H2,(H,24,28)(H,26,27). The van der Waals surface area contributed by atoms with E-state index in [-0.39, 0.29) is 12.1 Å². The van der Waals surface area contributed by atoms with Crippen LogP contribution in [0.15, 0.2) is 72.8 Å². The lowest BCUT2D eigenvalue weighted by Gasteiger charge is -2.17. The van der Waals surface area contributed by atoms with E-state index in [1.54, 1.807) is 30.3 Å². The van der Waals surface area contributed by atoms with Gasteiger partial charge in [0, 0.05) is 11.6 Å². The maximum Gasteiger partial charge on any atom is 0.305 e. The number of halogens is 1. The van der Waals surface area contributed by atoms with Gasteiger partial charge in [0.25, 0.3) is 5.91 Å². The number of aromatic nitrogens is 1. The summed E-state index contributed by atoms with van der Waals surface area (Å²) in [7, 11) is 0. The summed E-state index contributed by atoms with van der Waals surface area (Å²) < 4.78 is 14.0. The van der Waals surface area contributed by atoms with Crippen LogP contribution in [0.4, 0.5) is 4.39 Å². The third-order valence-corrected chi connectivity index (χ3v) is 4.21. The maximum atomic E-state index is 14.0. The van der Waals surface area contributed by atoms with Crippen LogP contribution in [0.5, 0.6) is 0 Å². The molecule has 0 bridgehead atoms. The summed E-state index contributed by atoms with van der Waals surface area (Å²) in [6, 6.07) is 19.7. The first-order valence-electron chi connectivity index (χ1n) is 8.81. The summed E-state index contributed by atoms with van der Waals surface area (Å²) in [5.74, 6) is -1.94. The third-order valence-electron chi connectivity index (χ3n) is 4.21. The number of hydrogen-bond acceptors (Lipinski definition) is 3. The van der Waals surface area contributed by atoms with Crippen molar-refractivity contribution in [2.75, 3.05) is 0 Å². The van der Waals surface area contributed by atoms with E-state index < -0.39 is 23.7 Å². The van der Waals surface area contributed by atoms with Crippen molar-refractivity contribution in [2.45, 2.75) is 18.9 Å². The van der Waals surface area contributed by atoms with Crippen LogP contribution in [0.3, 0.4) is 0 Å². The first-order chi connectivity index (χ1) is 13.5. The molecular weight excluding hydrogens is 359 g/mol. The third kappa shape index (κ3) is 5.01. The molecule has 0 spiro atoms. The molecule has 0 radical (unpaired) electrons. The Labute approximate surface area is 161 Å². The zero-order valence-corrected chi connectivity index (χ0v) is 15.0. The van der Waals surface area contributed by atoms with Gasteiger partial charge in [0.05, 0.1) is 12.1 Å². The molecule has 28 heavy (non-hydrogen) atoms. The second kappa shape index (κ2) is 8.90. The van der Waals surface area contributed by atoms with Crippen LogP contribution in [-0.2, 0) is 11.2 Å². The number of nitrogens with one attached hydrogen (secondary N) is 1. The highest BCUT2D eigenvalue weighted by Gasteiger charge is 2.19. The van der Waals surface area contributed by atoms with Crippen molar-refractivity contribution in [3.63, 3.8) is 0 Å². The molecule has 1 aromatic heterocycles. The van der Waals surface area contributed by atoms with Gasteiger partial charge < -0.3 is 10.4 Å². The molecule has 1 heterocycles. The molecule has 1 atom stereocenters. The predicted molar refractivity (Wildman–Crippen MR) is 103 cm³/mol. The Balaban J connectivity index is 1.79. The molecule has 0 aliphatic heterocycles. The normalized spacial score (nSPS) is 11.6. The van der Waals surface area contributed by atoms with E-state index in [4.69, 9.17) is 5.11 Å². The number of aliphatic carboxylic acids is 1. The number of carbonyl (C=O) groups is 2. The van der Waals surface area contributed by atoms with Gasteiger partial charge in [-0.1, -0.05) is 48.5 Å². The van der Waals surface area contributed by atoms with Crippen LogP contribution in [0.2, 0.25) is 0 Å². The SMILES string of the molecule is O=C(O)CC(Cc1ccccc1)NC(=O)c1cccc(-c2ccccc2F)n1. The molecule has 6 heteroatoms. The molecule has 3 aromatic rings. The first-order valence-corrected chi connectivity index (χ1v) is 8.81. The van der Waals surface area contributed by atoms with Crippen molar-refractivity contribution in [2.24, 2.45) is 0 Å². The molecule has 2 N–H and O–H groups in total. The molecule has 1 unspecified atom stereocenters. The Bertz CT molecular complexity index is 976.